The lowest BCUT2D eigenvalue weighted by Gasteiger charge is -2.33. The fourth-order valence-corrected chi connectivity index (χ4v) is 1.94. The van der Waals surface area contributed by atoms with E-state index in [4.69, 9.17) is 10.00 Å². The van der Waals surface area contributed by atoms with E-state index in [9.17, 15) is 4.79 Å². The number of carbonyl (C=O) groups is 1. The van der Waals surface area contributed by atoms with E-state index in [0.717, 1.165) is 12.2 Å². The van der Waals surface area contributed by atoms with Gasteiger partial charge in [0.2, 0.25) is 5.91 Å². The molecule has 1 saturated carbocycles. The predicted molar refractivity (Wildman–Crippen MR) is 66.8 cm³/mol. The van der Waals surface area contributed by atoms with Crippen LogP contribution in [0.5, 0.6) is 5.75 Å². The lowest BCUT2D eigenvalue weighted by molar-refractivity contribution is -0.131. The molecule has 0 saturated heterocycles. The number of nitrogens with zero attached hydrogens (tertiary/aromatic N) is 1. The number of amides is 1. The SMILES string of the molecule is N#CC1(C(=O)NCCOc2ccccc2)CCC1. The summed E-state index contributed by atoms with van der Waals surface area (Å²) >= 11 is 0. The standard InChI is InChI=1S/C14H16N2O2/c15-11-14(7-4-8-14)13(17)16-9-10-18-12-5-2-1-3-6-12/h1-3,5-6H,4,7-10H2,(H,16,17). The minimum atomic E-state index is -0.771. The highest BCUT2D eigenvalue weighted by atomic mass is 16.5. The minimum absolute atomic E-state index is 0.159. The molecule has 0 unspecified atom stereocenters. The highest BCUT2D eigenvalue weighted by Gasteiger charge is 2.44. The van der Waals surface area contributed by atoms with Crippen LogP contribution in [0.25, 0.3) is 0 Å². The average molecular weight is 244 g/mol. The summed E-state index contributed by atoms with van der Waals surface area (Å²) in [4.78, 5) is 11.8. The molecule has 0 aliphatic heterocycles. The number of nitrogens with one attached hydrogen (secondary N) is 1. The van der Waals surface area contributed by atoms with Gasteiger partial charge in [-0.05, 0) is 31.4 Å². The maximum atomic E-state index is 11.8. The molecule has 0 aromatic heterocycles. The van der Waals surface area contributed by atoms with Gasteiger partial charge in [0.15, 0.2) is 0 Å². The molecule has 1 aromatic rings. The van der Waals surface area contributed by atoms with Gasteiger partial charge in [-0.1, -0.05) is 18.2 Å². The van der Waals surface area contributed by atoms with Crippen LogP contribution in [0, 0.1) is 16.7 Å². The van der Waals surface area contributed by atoms with Crippen LogP contribution in [-0.4, -0.2) is 19.1 Å². The molecule has 1 fully saturated rings. The Kier molecular flexibility index (Phi) is 3.83. The molecule has 94 valence electrons. The summed E-state index contributed by atoms with van der Waals surface area (Å²) in [5.74, 6) is 0.623. The summed E-state index contributed by atoms with van der Waals surface area (Å²) in [6, 6.07) is 11.6. The predicted octanol–water partition coefficient (Wildman–Crippen LogP) is 1.88. The second-order valence-corrected chi connectivity index (χ2v) is 4.46. The number of para-hydroxylation sites is 1. The van der Waals surface area contributed by atoms with Crippen molar-refractivity contribution >= 4 is 5.91 Å². The third kappa shape index (κ3) is 2.62. The Morgan fingerprint density at radius 3 is 2.67 bits per heavy atom. The van der Waals surface area contributed by atoms with Crippen molar-refractivity contribution in [2.24, 2.45) is 5.41 Å². The van der Waals surface area contributed by atoms with Gasteiger partial charge in [0.25, 0.3) is 0 Å². The van der Waals surface area contributed by atoms with Crippen molar-refractivity contribution in [3.63, 3.8) is 0 Å². The number of rotatable bonds is 5. The molecule has 1 amide bonds. The number of nitriles is 1. The van der Waals surface area contributed by atoms with Crippen LogP contribution in [0.3, 0.4) is 0 Å². The average Bonchev–Trinajstić information content (AvgIpc) is 2.35. The number of ether oxygens (including phenoxy) is 1. The Balaban J connectivity index is 1.70. The lowest BCUT2D eigenvalue weighted by Crippen LogP contribution is -2.45. The van der Waals surface area contributed by atoms with Gasteiger partial charge in [-0.3, -0.25) is 4.79 Å². The van der Waals surface area contributed by atoms with Gasteiger partial charge in [0.1, 0.15) is 17.8 Å². The first kappa shape index (κ1) is 12.4. The van der Waals surface area contributed by atoms with Crippen LogP contribution in [0.1, 0.15) is 19.3 Å². The molecule has 0 atom stereocenters. The Bertz CT molecular complexity index is 447. The third-order valence-electron chi connectivity index (χ3n) is 3.26. The second-order valence-electron chi connectivity index (χ2n) is 4.46. The molecular formula is C14H16N2O2. The smallest absolute Gasteiger partial charge is 0.240 e. The Labute approximate surface area is 107 Å². The van der Waals surface area contributed by atoms with Crippen molar-refractivity contribution in [2.75, 3.05) is 13.2 Å². The monoisotopic (exact) mass is 244 g/mol. The van der Waals surface area contributed by atoms with Crippen LogP contribution < -0.4 is 10.1 Å². The zero-order valence-electron chi connectivity index (χ0n) is 10.2. The van der Waals surface area contributed by atoms with Crippen molar-refractivity contribution in [1.82, 2.24) is 5.32 Å². The van der Waals surface area contributed by atoms with Crippen molar-refractivity contribution < 1.29 is 9.53 Å². The van der Waals surface area contributed by atoms with E-state index in [1.807, 2.05) is 30.3 Å². The Morgan fingerprint density at radius 2 is 2.11 bits per heavy atom. The van der Waals surface area contributed by atoms with Crippen molar-refractivity contribution in [3.8, 4) is 11.8 Å². The molecule has 2 rings (SSSR count). The van der Waals surface area contributed by atoms with Gasteiger partial charge in [-0.15, -0.1) is 0 Å². The van der Waals surface area contributed by atoms with Gasteiger partial charge in [-0.2, -0.15) is 5.26 Å². The highest BCUT2D eigenvalue weighted by molar-refractivity contribution is 5.86. The van der Waals surface area contributed by atoms with Crippen LogP contribution in [-0.2, 0) is 4.79 Å². The van der Waals surface area contributed by atoms with Crippen molar-refractivity contribution in [2.45, 2.75) is 19.3 Å². The summed E-state index contributed by atoms with van der Waals surface area (Å²) in [7, 11) is 0. The first-order chi connectivity index (χ1) is 8.77. The fraction of sp³-hybridized carbons (Fsp3) is 0.429. The second kappa shape index (κ2) is 5.54. The summed E-state index contributed by atoms with van der Waals surface area (Å²) in [5, 5.41) is 11.8. The van der Waals surface area contributed by atoms with E-state index in [2.05, 4.69) is 11.4 Å². The maximum absolute atomic E-state index is 11.8. The maximum Gasteiger partial charge on any atom is 0.240 e. The Hall–Kier alpha value is -2.02. The molecule has 0 spiro atoms. The highest BCUT2D eigenvalue weighted by Crippen LogP contribution is 2.40. The summed E-state index contributed by atoms with van der Waals surface area (Å²) in [5.41, 5.74) is -0.771. The van der Waals surface area contributed by atoms with Gasteiger partial charge in [-0.25, -0.2) is 0 Å². The quantitative estimate of drug-likeness (QED) is 0.804. The molecule has 18 heavy (non-hydrogen) atoms. The van der Waals surface area contributed by atoms with E-state index >= 15 is 0 Å². The van der Waals surface area contributed by atoms with E-state index in [1.54, 1.807) is 0 Å². The number of hydrogen-bond acceptors (Lipinski definition) is 3. The molecule has 1 N–H and O–H groups in total. The summed E-state index contributed by atoms with van der Waals surface area (Å²) < 4.78 is 5.46. The van der Waals surface area contributed by atoms with Gasteiger partial charge < -0.3 is 10.1 Å². The summed E-state index contributed by atoms with van der Waals surface area (Å²) in [6.07, 6.45) is 2.31. The lowest BCUT2D eigenvalue weighted by atomic mass is 9.69. The van der Waals surface area contributed by atoms with E-state index in [1.165, 1.54) is 0 Å². The molecule has 4 nitrogen and oxygen atoms in total. The van der Waals surface area contributed by atoms with E-state index < -0.39 is 5.41 Å². The molecule has 0 bridgehead atoms. The van der Waals surface area contributed by atoms with Crippen molar-refractivity contribution in [1.29, 1.82) is 5.26 Å². The largest absolute Gasteiger partial charge is 0.492 e. The minimum Gasteiger partial charge on any atom is -0.492 e. The molecule has 0 radical (unpaired) electrons. The van der Waals surface area contributed by atoms with Crippen LogP contribution in [0.2, 0.25) is 0 Å². The van der Waals surface area contributed by atoms with Crippen LogP contribution in [0.4, 0.5) is 0 Å². The number of hydrogen-bond donors (Lipinski definition) is 1. The zero-order valence-corrected chi connectivity index (χ0v) is 10.2. The molecule has 4 heteroatoms. The first-order valence-corrected chi connectivity index (χ1v) is 6.14. The van der Waals surface area contributed by atoms with Gasteiger partial charge in [0.05, 0.1) is 12.6 Å². The third-order valence-corrected chi connectivity index (χ3v) is 3.26. The number of carbonyl (C=O) groups excluding carboxylic acids is 1. The molecule has 1 aliphatic carbocycles. The molecule has 0 heterocycles. The van der Waals surface area contributed by atoms with Crippen LogP contribution >= 0.6 is 0 Å². The molecular weight excluding hydrogens is 228 g/mol. The van der Waals surface area contributed by atoms with Crippen molar-refractivity contribution in [3.05, 3.63) is 30.3 Å². The van der Waals surface area contributed by atoms with Crippen LogP contribution in [0.15, 0.2) is 30.3 Å². The summed E-state index contributed by atoms with van der Waals surface area (Å²) in [6.45, 7) is 0.842. The van der Waals surface area contributed by atoms with E-state index in [-0.39, 0.29) is 5.91 Å². The fourth-order valence-electron chi connectivity index (χ4n) is 1.94. The Morgan fingerprint density at radius 1 is 1.39 bits per heavy atom. The molecule has 1 aromatic carbocycles. The first-order valence-electron chi connectivity index (χ1n) is 6.14. The normalized spacial score (nSPS) is 16.2. The topological polar surface area (TPSA) is 62.1 Å². The molecule has 1 aliphatic rings. The van der Waals surface area contributed by atoms with Gasteiger partial charge in [0, 0.05) is 0 Å². The van der Waals surface area contributed by atoms with E-state index in [0.29, 0.717) is 26.0 Å². The number of benzene rings is 1. The zero-order chi connectivity index (χ0) is 12.8. The van der Waals surface area contributed by atoms with Gasteiger partial charge >= 0.3 is 0 Å².